The van der Waals surface area contributed by atoms with E-state index in [-0.39, 0.29) is 49.1 Å². The number of hydrogen-bond acceptors (Lipinski definition) is 6. The molecule has 1 aromatic heterocycles. The molecule has 5 rings (SSSR count). The second-order valence-corrected chi connectivity index (χ2v) is 10.6. The number of amides is 1. The third kappa shape index (κ3) is 5.77. The van der Waals surface area contributed by atoms with E-state index in [9.17, 15) is 23.2 Å². The number of hydrogen-bond donors (Lipinski definition) is 2. The monoisotopic (exact) mass is 581 g/mol. The first-order chi connectivity index (χ1) is 20.2. The number of anilines is 1. The van der Waals surface area contributed by atoms with E-state index in [4.69, 9.17) is 4.74 Å². The number of piperidine rings is 1. The van der Waals surface area contributed by atoms with Gasteiger partial charge >= 0.3 is 6.18 Å². The Morgan fingerprint density at radius 2 is 1.98 bits per heavy atom. The van der Waals surface area contributed by atoms with E-state index in [1.165, 1.54) is 18.3 Å². The average molecular weight is 582 g/mol. The molecule has 42 heavy (non-hydrogen) atoms. The van der Waals surface area contributed by atoms with Gasteiger partial charge < -0.3 is 20.3 Å². The third-order valence-corrected chi connectivity index (χ3v) is 8.07. The number of carbonyl (C=O) groups is 1. The third-order valence-electron chi connectivity index (χ3n) is 8.07. The van der Waals surface area contributed by atoms with Crippen molar-refractivity contribution >= 4 is 11.6 Å². The fourth-order valence-electron chi connectivity index (χ4n) is 5.80. The lowest BCUT2D eigenvalue weighted by Crippen LogP contribution is -2.54. The number of carbonyl (C=O) groups excluding carboxylic acids is 1. The highest BCUT2D eigenvalue weighted by Crippen LogP contribution is 2.41. The maximum absolute atomic E-state index is 15.7. The Hall–Kier alpha value is -4.17. The molecule has 2 aliphatic rings. The summed E-state index contributed by atoms with van der Waals surface area (Å²) in [6.07, 6.45) is -1.77. The van der Waals surface area contributed by atoms with Crippen LogP contribution in [-0.4, -0.2) is 49.7 Å². The van der Waals surface area contributed by atoms with Gasteiger partial charge in [-0.3, -0.25) is 9.78 Å². The molecule has 2 aliphatic heterocycles. The van der Waals surface area contributed by atoms with E-state index in [2.05, 4.69) is 15.6 Å². The second kappa shape index (κ2) is 12.0. The van der Waals surface area contributed by atoms with Gasteiger partial charge in [-0.05, 0) is 74.7 Å². The molecular weight excluding hydrogens is 550 g/mol. The van der Waals surface area contributed by atoms with Crippen LogP contribution in [0.5, 0.6) is 5.75 Å². The highest BCUT2D eigenvalue weighted by Gasteiger charge is 2.45. The number of nitrogens with zero attached hydrogens (tertiary/aromatic N) is 3. The summed E-state index contributed by atoms with van der Waals surface area (Å²) in [5.74, 6) is -0.336. The number of aromatic nitrogens is 1. The van der Waals surface area contributed by atoms with E-state index < -0.39 is 23.0 Å². The molecule has 2 N–H and O–H groups in total. The Labute approximate surface area is 241 Å². The van der Waals surface area contributed by atoms with Crippen LogP contribution in [0.25, 0.3) is 11.3 Å². The predicted molar refractivity (Wildman–Crippen MR) is 150 cm³/mol. The van der Waals surface area contributed by atoms with E-state index in [1.54, 1.807) is 29.2 Å². The summed E-state index contributed by atoms with van der Waals surface area (Å²) in [6.45, 7) is 4.19. The molecule has 0 aliphatic carbocycles. The standard InChI is InChI=1S/C31H31F4N5O2/c1-2-42-27-6-4-3-5-24(27)28-25(32)16-22(18-38-28)30(29(41)39-23-9-12-37-19-23)10-13-40(14-11-30)26-8-7-21(31(33,34)35)15-20(26)17-36/h3-8,15-16,18,23,37H,2,9-14,19H2,1H3,(H,39,41)/t23-/m1/s1. The molecule has 0 bridgehead atoms. The fraction of sp³-hybridized carbons (Fsp3) is 0.387. The van der Waals surface area contributed by atoms with E-state index in [0.29, 0.717) is 35.7 Å². The van der Waals surface area contributed by atoms with Crippen molar-refractivity contribution in [1.82, 2.24) is 15.6 Å². The first-order valence-electron chi connectivity index (χ1n) is 13.9. The minimum Gasteiger partial charge on any atom is -0.493 e. The number of rotatable bonds is 7. The number of halogens is 4. The van der Waals surface area contributed by atoms with Gasteiger partial charge in [0.15, 0.2) is 0 Å². The maximum atomic E-state index is 15.7. The minimum absolute atomic E-state index is 0.0670. The number of nitrogens with one attached hydrogen (secondary N) is 2. The maximum Gasteiger partial charge on any atom is 0.416 e. The Morgan fingerprint density at radius 3 is 2.62 bits per heavy atom. The van der Waals surface area contributed by atoms with Crippen molar-refractivity contribution in [3.05, 3.63) is 77.2 Å². The van der Waals surface area contributed by atoms with Crippen LogP contribution in [0.15, 0.2) is 54.7 Å². The lowest BCUT2D eigenvalue weighted by molar-refractivity contribution is -0.137. The minimum atomic E-state index is -4.57. The fourth-order valence-corrected chi connectivity index (χ4v) is 5.80. The number of para-hydroxylation sites is 1. The molecule has 0 unspecified atom stereocenters. The molecule has 0 radical (unpaired) electrons. The first kappa shape index (κ1) is 29.3. The zero-order chi connectivity index (χ0) is 29.9. The summed E-state index contributed by atoms with van der Waals surface area (Å²) >= 11 is 0. The van der Waals surface area contributed by atoms with Crippen molar-refractivity contribution in [3.63, 3.8) is 0 Å². The molecule has 1 amide bonds. The van der Waals surface area contributed by atoms with E-state index in [1.807, 2.05) is 13.0 Å². The highest BCUT2D eigenvalue weighted by molar-refractivity contribution is 5.89. The average Bonchev–Trinajstić information content (AvgIpc) is 3.50. The summed E-state index contributed by atoms with van der Waals surface area (Å²) in [4.78, 5) is 20.2. The van der Waals surface area contributed by atoms with Gasteiger partial charge in [-0.15, -0.1) is 0 Å². The largest absolute Gasteiger partial charge is 0.493 e. The van der Waals surface area contributed by atoms with Gasteiger partial charge in [-0.25, -0.2) is 4.39 Å². The first-order valence-corrected chi connectivity index (χ1v) is 13.9. The molecule has 11 heteroatoms. The highest BCUT2D eigenvalue weighted by atomic mass is 19.4. The summed E-state index contributed by atoms with van der Waals surface area (Å²) in [6, 6.07) is 13.3. The van der Waals surface area contributed by atoms with Gasteiger partial charge in [-0.1, -0.05) is 12.1 Å². The number of pyridine rings is 1. The molecule has 220 valence electrons. The topological polar surface area (TPSA) is 90.3 Å². The van der Waals surface area contributed by atoms with Crippen LogP contribution in [0.2, 0.25) is 0 Å². The Bertz CT molecular complexity index is 1490. The molecule has 2 aromatic carbocycles. The Balaban J connectivity index is 1.47. The lowest BCUT2D eigenvalue weighted by atomic mass is 9.72. The summed E-state index contributed by atoms with van der Waals surface area (Å²) in [5.41, 5.74) is -0.710. The van der Waals surface area contributed by atoms with Crippen LogP contribution in [0.1, 0.15) is 42.9 Å². The van der Waals surface area contributed by atoms with Crippen LogP contribution >= 0.6 is 0 Å². The van der Waals surface area contributed by atoms with Gasteiger partial charge in [0.05, 0.1) is 28.8 Å². The van der Waals surface area contributed by atoms with E-state index >= 15 is 4.39 Å². The molecular formula is C31H31F4N5O2. The molecule has 0 saturated carbocycles. The van der Waals surface area contributed by atoms with Crippen LogP contribution < -0.4 is 20.3 Å². The van der Waals surface area contributed by atoms with Crippen molar-refractivity contribution in [3.8, 4) is 23.1 Å². The van der Waals surface area contributed by atoms with Crippen molar-refractivity contribution in [2.45, 2.75) is 43.8 Å². The Morgan fingerprint density at radius 1 is 1.21 bits per heavy atom. The SMILES string of the molecule is CCOc1ccccc1-c1ncc(C2(C(=O)N[C@@H]3CCNC3)CCN(c3ccc(C(F)(F)F)cc3C#N)CC2)cc1F. The van der Waals surface area contributed by atoms with Crippen LogP contribution in [-0.2, 0) is 16.4 Å². The van der Waals surface area contributed by atoms with Crippen LogP contribution in [0, 0.1) is 17.1 Å². The zero-order valence-electron chi connectivity index (χ0n) is 23.1. The smallest absolute Gasteiger partial charge is 0.416 e. The van der Waals surface area contributed by atoms with Gasteiger partial charge in [0.2, 0.25) is 5.91 Å². The quantitative estimate of drug-likeness (QED) is 0.373. The van der Waals surface area contributed by atoms with Crippen molar-refractivity contribution < 1.29 is 27.1 Å². The molecule has 3 aromatic rings. The van der Waals surface area contributed by atoms with Gasteiger partial charge in [0.25, 0.3) is 0 Å². The number of nitriles is 1. The van der Waals surface area contributed by atoms with Crippen LogP contribution in [0.4, 0.5) is 23.2 Å². The molecule has 3 heterocycles. The van der Waals surface area contributed by atoms with Gasteiger partial charge in [-0.2, -0.15) is 18.4 Å². The summed E-state index contributed by atoms with van der Waals surface area (Å²) < 4.78 is 61.1. The predicted octanol–water partition coefficient (Wildman–Crippen LogP) is 5.19. The normalized spacial score (nSPS) is 18.4. The lowest BCUT2D eigenvalue weighted by Gasteiger charge is -2.42. The second-order valence-electron chi connectivity index (χ2n) is 10.6. The number of benzene rings is 2. The van der Waals surface area contributed by atoms with E-state index in [0.717, 1.165) is 25.1 Å². The molecule has 0 spiro atoms. The summed E-state index contributed by atoms with van der Waals surface area (Å²) in [5, 5.41) is 15.9. The number of alkyl halides is 3. The van der Waals surface area contributed by atoms with Gasteiger partial charge in [0.1, 0.15) is 23.3 Å². The molecule has 2 saturated heterocycles. The van der Waals surface area contributed by atoms with Gasteiger partial charge in [0, 0.05) is 37.4 Å². The zero-order valence-corrected chi connectivity index (χ0v) is 23.1. The summed E-state index contributed by atoms with van der Waals surface area (Å²) in [7, 11) is 0. The molecule has 2 fully saturated rings. The molecule has 7 nitrogen and oxygen atoms in total. The van der Waals surface area contributed by atoms with Crippen molar-refractivity contribution in [2.24, 2.45) is 0 Å². The Kier molecular flexibility index (Phi) is 8.36. The number of ether oxygens (including phenoxy) is 1. The van der Waals surface area contributed by atoms with Crippen LogP contribution in [0.3, 0.4) is 0 Å². The van der Waals surface area contributed by atoms with Crippen molar-refractivity contribution in [2.75, 3.05) is 37.7 Å². The molecule has 1 atom stereocenters. The van der Waals surface area contributed by atoms with Crippen molar-refractivity contribution in [1.29, 1.82) is 5.26 Å².